The molecule has 0 saturated heterocycles. The summed E-state index contributed by atoms with van der Waals surface area (Å²) in [7, 11) is 0. The van der Waals surface area contributed by atoms with Crippen LogP contribution in [-0.4, -0.2) is 18.9 Å². The van der Waals surface area contributed by atoms with E-state index in [4.69, 9.17) is 10.5 Å². The second-order valence-corrected chi connectivity index (χ2v) is 4.74. The SMILES string of the molecule is NCC(=O)c1ccc2c(c1)NCC(c1ccccc1)O2. The Balaban J connectivity index is 1.84. The normalized spacial score (nSPS) is 16.8. The number of anilines is 1. The molecule has 0 radical (unpaired) electrons. The summed E-state index contributed by atoms with van der Waals surface area (Å²) < 4.78 is 5.98. The fraction of sp³-hybridized carbons (Fsp3) is 0.188. The highest BCUT2D eigenvalue weighted by Crippen LogP contribution is 2.34. The Morgan fingerprint density at radius 1 is 1.25 bits per heavy atom. The van der Waals surface area contributed by atoms with Crippen molar-refractivity contribution in [2.75, 3.05) is 18.4 Å². The standard InChI is InChI=1S/C16H16N2O2/c17-9-14(19)12-6-7-15-13(8-12)18-10-16(20-15)11-4-2-1-3-5-11/h1-8,16,18H,9-10,17H2. The van der Waals surface area contributed by atoms with Crippen molar-refractivity contribution in [3.05, 3.63) is 59.7 Å². The first-order valence-electron chi connectivity index (χ1n) is 6.60. The second-order valence-electron chi connectivity index (χ2n) is 4.74. The van der Waals surface area contributed by atoms with E-state index in [0.717, 1.165) is 17.0 Å². The molecular formula is C16H16N2O2. The minimum Gasteiger partial charge on any atom is -0.482 e. The average molecular weight is 268 g/mol. The van der Waals surface area contributed by atoms with E-state index in [2.05, 4.69) is 5.32 Å². The molecule has 0 aliphatic carbocycles. The summed E-state index contributed by atoms with van der Waals surface area (Å²) in [4.78, 5) is 11.6. The molecule has 2 aromatic rings. The highest BCUT2D eigenvalue weighted by atomic mass is 16.5. The van der Waals surface area contributed by atoms with Gasteiger partial charge in [-0.2, -0.15) is 0 Å². The minimum absolute atomic E-state index is 0.0141. The molecule has 3 N–H and O–H groups in total. The van der Waals surface area contributed by atoms with Crippen LogP contribution in [-0.2, 0) is 0 Å². The van der Waals surface area contributed by atoms with Gasteiger partial charge in [0.05, 0.1) is 18.8 Å². The number of rotatable bonds is 3. The van der Waals surface area contributed by atoms with Gasteiger partial charge < -0.3 is 15.8 Å². The fourth-order valence-corrected chi connectivity index (χ4v) is 2.31. The van der Waals surface area contributed by atoms with Crippen molar-refractivity contribution in [1.29, 1.82) is 0 Å². The van der Waals surface area contributed by atoms with Crippen LogP contribution in [0.2, 0.25) is 0 Å². The molecule has 4 heteroatoms. The van der Waals surface area contributed by atoms with Gasteiger partial charge in [-0.05, 0) is 23.8 Å². The van der Waals surface area contributed by atoms with E-state index in [0.29, 0.717) is 12.1 Å². The first kappa shape index (κ1) is 12.7. The number of ether oxygens (including phenoxy) is 1. The number of fused-ring (bicyclic) bond motifs is 1. The summed E-state index contributed by atoms with van der Waals surface area (Å²) in [5, 5.41) is 3.31. The molecule has 0 fully saturated rings. The van der Waals surface area contributed by atoms with E-state index < -0.39 is 0 Å². The molecule has 20 heavy (non-hydrogen) atoms. The Hall–Kier alpha value is -2.33. The molecule has 102 valence electrons. The van der Waals surface area contributed by atoms with Crippen LogP contribution >= 0.6 is 0 Å². The van der Waals surface area contributed by atoms with E-state index in [1.807, 2.05) is 36.4 Å². The van der Waals surface area contributed by atoms with Crippen molar-refractivity contribution in [1.82, 2.24) is 0 Å². The number of hydrogen-bond donors (Lipinski definition) is 2. The molecule has 2 aromatic carbocycles. The summed E-state index contributed by atoms with van der Waals surface area (Å²) in [5.41, 5.74) is 7.96. The predicted molar refractivity (Wildman–Crippen MR) is 78.1 cm³/mol. The summed E-state index contributed by atoms with van der Waals surface area (Å²) in [6, 6.07) is 15.4. The van der Waals surface area contributed by atoms with Crippen LogP contribution in [0, 0.1) is 0 Å². The van der Waals surface area contributed by atoms with E-state index in [1.54, 1.807) is 12.1 Å². The quantitative estimate of drug-likeness (QED) is 0.839. The molecular weight excluding hydrogens is 252 g/mol. The van der Waals surface area contributed by atoms with Crippen LogP contribution in [0.5, 0.6) is 5.75 Å². The average Bonchev–Trinajstić information content (AvgIpc) is 2.54. The molecule has 0 bridgehead atoms. The topological polar surface area (TPSA) is 64.4 Å². The van der Waals surface area contributed by atoms with Gasteiger partial charge in [0, 0.05) is 5.56 Å². The van der Waals surface area contributed by atoms with Gasteiger partial charge >= 0.3 is 0 Å². The van der Waals surface area contributed by atoms with Gasteiger partial charge in [0.1, 0.15) is 11.9 Å². The summed E-state index contributed by atoms with van der Waals surface area (Å²) in [6.07, 6.45) is -0.0141. The third kappa shape index (κ3) is 2.38. The van der Waals surface area contributed by atoms with Gasteiger partial charge in [-0.15, -0.1) is 0 Å². The number of carbonyl (C=O) groups excluding carboxylic acids is 1. The van der Waals surface area contributed by atoms with E-state index in [9.17, 15) is 4.79 Å². The van der Waals surface area contributed by atoms with Gasteiger partial charge in [0.25, 0.3) is 0 Å². The Morgan fingerprint density at radius 3 is 2.80 bits per heavy atom. The van der Waals surface area contributed by atoms with Crippen molar-refractivity contribution in [2.45, 2.75) is 6.10 Å². The molecule has 3 rings (SSSR count). The van der Waals surface area contributed by atoms with Crippen LogP contribution in [0.1, 0.15) is 22.0 Å². The maximum absolute atomic E-state index is 11.6. The first-order valence-corrected chi connectivity index (χ1v) is 6.60. The van der Waals surface area contributed by atoms with Gasteiger partial charge in [0.2, 0.25) is 0 Å². The molecule has 0 amide bonds. The Bertz CT molecular complexity index is 626. The summed E-state index contributed by atoms with van der Waals surface area (Å²) >= 11 is 0. The molecule has 1 aliphatic heterocycles. The number of benzene rings is 2. The van der Waals surface area contributed by atoms with Crippen molar-refractivity contribution < 1.29 is 9.53 Å². The third-order valence-corrected chi connectivity index (χ3v) is 3.41. The molecule has 1 heterocycles. The van der Waals surface area contributed by atoms with Crippen molar-refractivity contribution >= 4 is 11.5 Å². The zero-order valence-electron chi connectivity index (χ0n) is 11.0. The molecule has 1 atom stereocenters. The lowest BCUT2D eigenvalue weighted by Crippen LogP contribution is -2.24. The van der Waals surface area contributed by atoms with Crippen LogP contribution in [0.25, 0.3) is 0 Å². The zero-order valence-corrected chi connectivity index (χ0v) is 11.0. The van der Waals surface area contributed by atoms with Gasteiger partial charge in [0.15, 0.2) is 5.78 Å². The van der Waals surface area contributed by atoms with Crippen molar-refractivity contribution in [2.24, 2.45) is 5.73 Å². The molecule has 1 aliphatic rings. The Kier molecular flexibility index (Phi) is 3.39. The van der Waals surface area contributed by atoms with Crippen LogP contribution < -0.4 is 15.8 Å². The Morgan fingerprint density at radius 2 is 2.05 bits per heavy atom. The fourth-order valence-electron chi connectivity index (χ4n) is 2.31. The summed E-state index contributed by atoms with van der Waals surface area (Å²) in [5.74, 6) is 0.693. The summed E-state index contributed by atoms with van der Waals surface area (Å²) in [6.45, 7) is 0.698. The molecule has 0 saturated carbocycles. The highest BCUT2D eigenvalue weighted by Gasteiger charge is 2.21. The number of carbonyl (C=O) groups is 1. The van der Waals surface area contributed by atoms with E-state index in [-0.39, 0.29) is 18.4 Å². The number of ketones is 1. The number of hydrogen-bond acceptors (Lipinski definition) is 4. The second kappa shape index (κ2) is 5.35. The minimum atomic E-state index is -0.0696. The lowest BCUT2D eigenvalue weighted by Gasteiger charge is -2.28. The largest absolute Gasteiger partial charge is 0.482 e. The molecule has 1 unspecified atom stereocenters. The monoisotopic (exact) mass is 268 g/mol. The van der Waals surface area contributed by atoms with Crippen LogP contribution in [0.3, 0.4) is 0 Å². The van der Waals surface area contributed by atoms with Crippen LogP contribution in [0.15, 0.2) is 48.5 Å². The Labute approximate surface area is 117 Å². The molecule has 0 aromatic heterocycles. The predicted octanol–water partition coefficient (Wildman–Crippen LogP) is 2.37. The smallest absolute Gasteiger partial charge is 0.176 e. The van der Waals surface area contributed by atoms with E-state index in [1.165, 1.54) is 0 Å². The zero-order chi connectivity index (χ0) is 13.9. The van der Waals surface area contributed by atoms with Crippen LogP contribution in [0.4, 0.5) is 5.69 Å². The lowest BCUT2D eigenvalue weighted by atomic mass is 10.1. The van der Waals surface area contributed by atoms with E-state index >= 15 is 0 Å². The maximum atomic E-state index is 11.6. The molecule has 0 spiro atoms. The highest BCUT2D eigenvalue weighted by molar-refractivity contribution is 5.98. The lowest BCUT2D eigenvalue weighted by molar-refractivity contribution is 0.100. The third-order valence-electron chi connectivity index (χ3n) is 3.41. The molecule has 4 nitrogen and oxygen atoms in total. The number of nitrogens with one attached hydrogen (secondary N) is 1. The first-order chi connectivity index (χ1) is 9.78. The van der Waals surface area contributed by atoms with Crippen molar-refractivity contribution in [3.63, 3.8) is 0 Å². The van der Waals surface area contributed by atoms with Gasteiger partial charge in [-0.3, -0.25) is 4.79 Å². The maximum Gasteiger partial charge on any atom is 0.176 e. The number of Topliss-reactive ketones (excluding diaryl/α,β-unsaturated/α-hetero) is 1. The number of nitrogens with two attached hydrogens (primary N) is 1. The van der Waals surface area contributed by atoms with Gasteiger partial charge in [-0.25, -0.2) is 0 Å². The van der Waals surface area contributed by atoms with Crippen molar-refractivity contribution in [3.8, 4) is 5.75 Å². The van der Waals surface area contributed by atoms with Gasteiger partial charge in [-0.1, -0.05) is 30.3 Å².